The van der Waals surface area contributed by atoms with Gasteiger partial charge in [-0.15, -0.1) is 28.6 Å². The molecule has 0 bridgehead atoms. The van der Waals surface area contributed by atoms with E-state index in [1.54, 1.807) is 72.5 Å². The highest BCUT2D eigenvalue weighted by atomic mass is 32.2. The Bertz CT molecular complexity index is 2310. The largest absolute Gasteiger partial charge is 0.445 e. The third kappa shape index (κ3) is 50.4. The molecular weight excluding hydrogens is 1270 g/mol. The van der Waals surface area contributed by atoms with Crippen molar-refractivity contribution in [1.82, 2.24) is 36.3 Å². The molecule has 0 unspecified atom stereocenters. The third-order valence-corrected chi connectivity index (χ3v) is 15.1. The van der Waals surface area contributed by atoms with Crippen LogP contribution in [0.3, 0.4) is 0 Å². The SMILES string of the molecule is CC(C)[C@H](NC(=O)CON=C(CSC(C)(C)C)CSC(C)(C)C)C(=O)N[C@@H](CCCNC(N)=O)C(=O)Nc1ccc(COC(=O)NCc2cn(CCOCCOCCOCCOCCOCCOCCOCCOCCOCCOCCOCCC(C)(C)S)nn2)cc1. The van der Waals surface area contributed by atoms with Gasteiger partial charge in [0.05, 0.1) is 164 Å². The van der Waals surface area contributed by atoms with Crippen LogP contribution in [0.2, 0.25) is 0 Å². The predicted octanol–water partition coefficient (Wildman–Crippen LogP) is 5.43. The van der Waals surface area contributed by atoms with E-state index in [0.29, 0.717) is 187 Å². The van der Waals surface area contributed by atoms with Crippen LogP contribution in [-0.4, -0.2) is 247 Å². The second kappa shape index (κ2) is 51.6. The molecule has 0 spiro atoms. The van der Waals surface area contributed by atoms with Crippen molar-refractivity contribution >= 4 is 77.4 Å². The molecule has 2 atom stereocenters. The fraction of sp³-hybridized carbons (Fsp3) is 0.774. The van der Waals surface area contributed by atoms with Gasteiger partial charge in [-0.1, -0.05) is 91.7 Å². The third-order valence-electron chi connectivity index (χ3n) is 12.2. The summed E-state index contributed by atoms with van der Waals surface area (Å²) in [5, 5.41) is 25.9. The van der Waals surface area contributed by atoms with E-state index in [9.17, 15) is 24.0 Å². The fourth-order valence-electron chi connectivity index (χ4n) is 7.26. The van der Waals surface area contributed by atoms with Crippen molar-refractivity contribution < 1.29 is 85.7 Å². The number of carbonyl (C=O) groups is 5. The molecule has 2 aromatic rings. The average Bonchev–Trinajstić information content (AvgIpc) is 1.47. The van der Waals surface area contributed by atoms with Crippen LogP contribution in [0, 0.1) is 5.92 Å². The van der Waals surface area contributed by atoms with Crippen molar-refractivity contribution in [3.63, 3.8) is 0 Å². The molecule has 0 aliphatic carbocycles. The number of urea groups is 1. The maximum Gasteiger partial charge on any atom is 0.407 e. The second-order valence-corrected chi connectivity index (χ2v) is 28.7. The maximum atomic E-state index is 13.7. The summed E-state index contributed by atoms with van der Waals surface area (Å²) in [5.74, 6) is -0.764. The van der Waals surface area contributed by atoms with Crippen molar-refractivity contribution in [2.45, 2.75) is 135 Å². The van der Waals surface area contributed by atoms with Crippen LogP contribution in [-0.2, 0) is 95.8 Å². The number of oxime groups is 1. The Morgan fingerprint density at radius 3 is 1.49 bits per heavy atom. The van der Waals surface area contributed by atoms with Crippen molar-refractivity contribution in [3.8, 4) is 0 Å². The molecule has 2 rings (SSSR count). The average molecular weight is 1380 g/mol. The van der Waals surface area contributed by atoms with Gasteiger partial charge in [0.25, 0.3) is 5.91 Å². The van der Waals surface area contributed by atoms with Gasteiger partial charge in [-0.05, 0) is 42.9 Å². The number of nitrogens with one attached hydrogen (secondary N) is 5. The molecule has 0 saturated carbocycles. The molecule has 6 amide bonds. The van der Waals surface area contributed by atoms with E-state index in [1.807, 2.05) is 0 Å². The number of primary amides is 1. The minimum absolute atomic E-state index is 0.00659. The number of benzene rings is 1. The number of nitrogens with zero attached hydrogens (tertiary/aromatic N) is 4. The van der Waals surface area contributed by atoms with Crippen LogP contribution < -0.4 is 32.3 Å². The molecule has 0 fully saturated rings. The molecule has 93 heavy (non-hydrogen) atoms. The molecule has 1 heterocycles. The number of nitrogens with two attached hydrogens (primary N) is 1. The van der Waals surface area contributed by atoms with Crippen molar-refractivity contribution in [3.05, 3.63) is 41.7 Å². The molecule has 0 aliphatic rings. The van der Waals surface area contributed by atoms with Crippen LogP contribution in [0.15, 0.2) is 35.6 Å². The van der Waals surface area contributed by atoms with Crippen molar-refractivity contribution in [2.24, 2.45) is 16.8 Å². The summed E-state index contributed by atoms with van der Waals surface area (Å²) in [6.45, 7) is 31.0. The van der Waals surface area contributed by atoms with Crippen molar-refractivity contribution in [1.29, 1.82) is 0 Å². The van der Waals surface area contributed by atoms with Crippen LogP contribution in [0.1, 0.15) is 99.8 Å². The number of hydrogen-bond donors (Lipinski definition) is 7. The lowest BCUT2D eigenvalue weighted by atomic mass is 10.0. The first-order chi connectivity index (χ1) is 44.4. The van der Waals surface area contributed by atoms with E-state index < -0.39 is 48.5 Å². The number of alkyl carbamates (subject to hydrolysis) is 1. The van der Waals surface area contributed by atoms with Gasteiger partial charge in [0.2, 0.25) is 11.8 Å². The van der Waals surface area contributed by atoms with Crippen LogP contribution >= 0.6 is 36.2 Å². The normalized spacial score (nSPS) is 12.5. The van der Waals surface area contributed by atoms with E-state index in [0.717, 1.165) is 12.1 Å². The first-order valence-electron chi connectivity index (χ1n) is 31.7. The van der Waals surface area contributed by atoms with Crippen LogP contribution in [0.25, 0.3) is 0 Å². The molecule has 31 heteroatoms. The Morgan fingerprint density at radius 1 is 0.613 bits per heavy atom. The molecule has 7 N–H and O–H groups in total. The van der Waals surface area contributed by atoms with E-state index in [2.05, 4.69) is 110 Å². The summed E-state index contributed by atoms with van der Waals surface area (Å²) in [6, 6.07) is 3.82. The number of ether oxygens (including phenoxy) is 12. The zero-order valence-corrected chi connectivity index (χ0v) is 59.3. The summed E-state index contributed by atoms with van der Waals surface area (Å²) in [5.41, 5.74) is 7.60. The summed E-state index contributed by atoms with van der Waals surface area (Å²) >= 11 is 7.92. The molecule has 0 saturated heterocycles. The molecular formula is C62H110N10O18S3. The Hall–Kier alpha value is -4.61. The zero-order valence-electron chi connectivity index (χ0n) is 56.7. The number of rotatable bonds is 57. The van der Waals surface area contributed by atoms with Gasteiger partial charge in [-0.2, -0.15) is 12.6 Å². The van der Waals surface area contributed by atoms with Gasteiger partial charge in [0, 0.05) is 44.6 Å². The molecule has 534 valence electrons. The molecule has 28 nitrogen and oxygen atoms in total. The number of carbonyl (C=O) groups excluding carboxylic acids is 5. The maximum absolute atomic E-state index is 13.7. The Kier molecular flexibility index (Phi) is 46.9. The molecule has 1 aromatic heterocycles. The van der Waals surface area contributed by atoms with E-state index >= 15 is 0 Å². The first kappa shape index (κ1) is 84.5. The quantitative estimate of drug-likeness (QED) is 0.0188. The standard InChI is InChI=1S/C62H110N10O18S3/c1-48(2)55(68-54(73)45-90-70-52(46-92-60(3,4)5)47-93-61(6,7)8)57(75)67-53(12-11-18-64-58(63)76)56(74)66-50-15-13-49(14-16-50)44-89-59(77)65-42-51-43-72(71-69-51)19-21-79-23-25-81-27-29-83-31-33-85-35-37-87-39-41-88-40-38-86-36-34-84-32-30-82-28-26-80-24-22-78-20-17-62(9,10)91/h13-16,43,48,53,55,91H,11-12,17-42,44-47H2,1-10H3,(H,65,77)(H,66,74)(H,67,75)(H,68,73)(H3,63,64,76)/t53-,55-/m0/s1. The number of thioether (sulfide) groups is 2. The van der Waals surface area contributed by atoms with Gasteiger partial charge < -0.3 is 94.0 Å². The number of thiol groups is 1. The highest BCUT2D eigenvalue weighted by Gasteiger charge is 2.29. The fourth-order valence-corrected chi connectivity index (χ4v) is 8.99. The molecule has 0 aliphatic heterocycles. The van der Waals surface area contributed by atoms with Crippen LogP contribution in [0.4, 0.5) is 15.3 Å². The monoisotopic (exact) mass is 1380 g/mol. The Balaban J connectivity index is 1.53. The lowest BCUT2D eigenvalue weighted by Crippen LogP contribution is -2.55. The Labute approximate surface area is 565 Å². The minimum Gasteiger partial charge on any atom is -0.445 e. The summed E-state index contributed by atoms with van der Waals surface area (Å²) in [7, 11) is 0. The van der Waals surface area contributed by atoms with E-state index in [1.165, 1.54) is 0 Å². The van der Waals surface area contributed by atoms with Crippen LogP contribution in [0.5, 0.6) is 0 Å². The van der Waals surface area contributed by atoms with Gasteiger partial charge in [-0.25, -0.2) is 14.3 Å². The number of aromatic nitrogens is 3. The predicted molar refractivity (Wildman–Crippen MR) is 362 cm³/mol. The van der Waals surface area contributed by atoms with E-state index in [4.69, 9.17) is 67.4 Å². The van der Waals surface area contributed by atoms with Gasteiger partial charge in [0.15, 0.2) is 6.61 Å². The van der Waals surface area contributed by atoms with Crippen molar-refractivity contribution in [2.75, 3.05) is 175 Å². The highest BCUT2D eigenvalue weighted by Crippen LogP contribution is 2.27. The number of anilines is 1. The second-order valence-electron chi connectivity index (χ2n) is 23.9. The van der Waals surface area contributed by atoms with Gasteiger partial charge in [-0.3, -0.25) is 14.4 Å². The minimum atomic E-state index is -1.06. The lowest BCUT2D eigenvalue weighted by molar-refractivity contribution is -0.133. The number of amides is 6. The Morgan fingerprint density at radius 2 is 1.06 bits per heavy atom. The summed E-state index contributed by atoms with van der Waals surface area (Å²) < 4.78 is 67.9. The summed E-state index contributed by atoms with van der Waals surface area (Å²) in [6.07, 6.45) is 2.35. The first-order valence-corrected chi connectivity index (χ1v) is 34.2. The molecule has 1 aromatic carbocycles. The van der Waals surface area contributed by atoms with Gasteiger partial charge in [0.1, 0.15) is 24.4 Å². The lowest BCUT2D eigenvalue weighted by Gasteiger charge is -2.25. The highest BCUT2D eigenvalue weighted by molar-refractivity contribution is 8.02. The topological polar surface area (TPSA) is 335 Å². The zero-order chi connectivity index (χ0) is 68.4. The van der Waals surface area contributed by atoms with Gasteiger partial charge >= 0.3 is 12.1 Å². The number of hydrogen-bond acceptors (Lipinski definition) is 24. The smallest absolute Gasteiger partial charge is 0.407 e. The molecule has 0 radical (unpaired) electrons. The summed E-state index contributed by atoms with van der Waals surface area (Å²) in [4.78, 5) is 69.9. The van der Waals surface area contributed by atoms with E-state index in [-0.39, 0.29) is 46.3 Å².